The first kappa shape index (κ1) is 34.1. The first-order chi connectivity index (χ1) is 20.3. The molecule has 0 N–H and O–H groups in total. The minimum atomic E-state index is -0.364. The van der Waals surface area contributed by atoms with Crippen LogP contribution in [0.2, 0.25) is 0 Å². The number of carbonyl (C=O) groups excluding carboxylic acids is 1. The first-order valence-electron chi connectivity index (χ1n) is 15.5. The highest BCUT2D eigenvalue weighted by Gasteiger charge is 2.14. The van der Waals surface area contributed by atoms with E-state index in [9.17, 15) is 4.79 Å². The van der Waals surface area contributed by atoms with Crippen molar-refractivity contribution < 1.29 is 19.0 Å². The Morgan fingerprint density at radius 2 is 1.21 bits per heavy atom. The maximum Gasteiger partial charge on any atom is 0.343 e. The average Bonchev–Trinajstić information content (AvgIpc) is 3.00. The van der Waals surface area contributed by atoms with Crippen LogP contribution in [0.1, 0.15) is 85.0 Å². The highest BCUT2D eigenvalue weighted by molar-refractivity contribution is 7.16. The molecule has 228 valence electrons. The fourth-order valence-electron chi connectivity index (χ4n) is 4.90. The summed E-state index contributed by atoms with van der Waals surface area (Å²) < 4.78 is 17.7. The Labute approximate surface area is 258 Å². The molecule has 3 rings (SSSR count). The van der Waals surface area contributed by atoms with E-state index in [0.717, 1.165) is 54.7 Å². The van der Waals surface area contributed by atoms with Gasteiger partial charge in [0.15, 0.2) is 0 Å². The van der Waals surface area contributed by atoms with Gasteiger partial charge in [-0.05, 0) is 135 Å². The van der Waals surface area contributed by atoms with E-state index in [2.05, 4.69) is 69.6 Å². The predicted molar refractivity (Wildman–Crippen MR) is 183 cm³/mol. The zero-order valence-electron chi connectivity index (χ0n) is 26.0. The fraction of sp³-hybridized carbons (Fsp3) is 0.472. The summed E-state index contributed by atoms with van der Waals surface area (Å²) in [5.41, 5.74) is 5.06. The van der Waals surface area contributed by atoms with Gasteiger partial charge in [0.25, 0.3) is 0 Å². The Kier molecular flexibility index (Phi) is 14.8. The Balaban J connectivity index is 1.50. The molecule has 0 spiro atoms. The molecule has 0 aliphatic rings. The van der Waals surface area contributed by atoms with Crippen molar-refractivity contribution in [2.75, 3.05) is 25.5 Å². The standard InChI is InChI=1S/C36H50O4P2/c1-26(7-5-23-41)19-21-38-33-14-9-30(10-15-33)25-32-13-18-35(29(4)28(32)3)40-36(37)31-11-16-34(17-12-31)39-22-20-27(2)8-6-24-42/h9-18,26-27H,5-8,19-25,41-42H2,1-4H3. The van der Waals surface area contributed by atoms with Gasteiger partial charge in [0, 0.05) is 0 Å². The smallest absolute Gasteiger partial charge is 0.343 e. The summed E-state index contributed by atoms with van der Waals surface area (Å²) >= 11 is 0. The van der Waals surface area contributed by atoms with Crippen LogP contribution in [0.5, 0.6) is 17.2 Å². The summed E-state index contributed by atoms with van der Waals surface area (Å²) in [4.78, 5) is 12.9. The second kappa shape index (κ2) is 18.3. The average molecular weight is 609 g/mol. The predicted octanol–water partition coefficient (Wildman–Crippen LogP) is 9.23. The van der Waals surface area contributed by atoms with Crippen LogP contribution in [0.4, 0.5) is 0 Å². The second-order valence-electron chi connectivity index (χ2n) is 11.6. The Hall–Kier alpha value is -2.41. The topological polar surface area (TPSA) is 44.8 Å². The quantitative estimate of drug-likeness (QED) is 0.0821. The number of esters is 1. The molecule has 3 aromatic carbocycles. The van der Waals surface area contributed by atoms with Crippen LogP contribution in [0, 0.1) is 25.7 Å². The van der Waals surface area contributed by atoms with Crippen molar-refractivity contribution in [2.24, 2.45) is 11.8 Å². The van der Waals surface area contributed by atoms with Crippen LogP contribution < -0.4 is 14.2 Å². The largest absolute Gasteiger partial charge is 0.494 e. The molecule has 0 heterocycles. The van der Waals surface area contributed by atoms with Crippen molar-refractivity contribution in [1.82, 2.24) is 0 Å². The minimum absolute atomic E-state index is 0.364. The van der Waals surface area contributed by atoms with E-state index in [0.29, 0.717) is 29.8 Å². The lowest BCUT2D eigenvalue weighted by Crippen LogP contribution is -2.10. The highest BCUT2D eigenvalue weighted by atomic mass is 31.0. The van der Waals surface area contributed by atoms with Crippen molar-refractivity contribution in [3.63, 3.8) is 0 Å². The molecule has 0 aliphatic carbocycles. The molecule has 0 fully saturated rings. The van der Waals surface area contributed by atoms with E-state index >= 15 is 0 Å². The summed E-state index contributed by atoms with van der Waals surface area (Å²) in [5.74, 6) is 3.27. The number of benzene rings is 3. The van der Waals surface area contributed by atoms with Crippen LogP contribution in [-0.4, -0.2) is 31.5 Å². The second-order valence-corrected chi connectivity index (χ2v) is 12.7. The maximum atomic E-state index is 12.9. The lowest BCUT2D eigenvalue weighted by molar-refractivity contribution is 0.0733. The lowest BCUT2D eigenvalue weighted by Gasteiger charge is -2.15. The van der Waals surface area contributed by atoms with Gasteiger partial charge in [0.1, 0.15) is 17.2 Å². The monoisotopic (exact) mass is 608 g/mol. The number of hydrogen-bond donors (Lipinski definition) is 0. The summed E-state index contributed by atoms with van der Waals surface area (Å²) in [6.07, 6.45) is 10.2. The zero-order valence-corrected chi connectivity index (χ0v) is 28.3. The normalized spacial score (nSPS) is 12.5. The zero-order chi connectivity index (χ0) is 30.3. The van der Waals surface area contributed by atoms with Gasteiger partial charge in [-0.2, -0.15) is 0 Å². The van der Waals surface area contributed by atoms with Crippen LogP contribution in [-0.2, 0) is 6.42 Å². The van der Waals surface area contributed by atoms with Gasteiger partial charge in [-0.15, -0.1) is 18.5 Å². The van der Waals surface area contributed by atoms with Gasteiger partial charge >= 0.3 is 5.97 Å². The van der Waals surface area contributed by atoms with E-state index in [1.165, 1.54) is 43.0 Å². The Morgan fingerprint density at radius 3 is 1.74 bits per heavy atom. The van der Waals surface area contributed by atoms with Crippen molar-refractivity contribution in [3.8, 4) is 17.2 Å². The van der Waals surface area contributed by atoms with Gasteiger partial charge in [-0.25, -0.2) is 4.79 Å². The van der Waals surface area contributed by atoms with E-state index < -0.39 is 0 Å². The molecule has 6 heteroatoms. The van der Waals surface area contributed by atoms with E-state index in [4.69, 9.17) is 14.2 Å². The van der Waals surface area contributed by atoms with Gasteiger partial charge in [0.05, 0.1) is 18.8 Å². The van der Waals surface area contributed by atoms with E-state index in [1.54, 1.807) is 12.1 Å². The molecule has 0 aliphatic heterocycles. The third-order valence-electron chi connectivity index (χ3n) is 8.02. The molecular weight excluding hydrogens is 558 g/mol. The van der Waals surface area contributed by atoms with Crippen molar-refractivity contribution in [1.29, 1.82) is 0 Å². The molecule has 4 unspecified atom stereocenters. The minimum Gasteiger partial charge on any atom is -0.494 e. The third-order valence-corrected chi connectivity index (χ3v) is 8.84. The number of carbonyl (C=O) groups is 1. The summed E-state index contributed by atoms with van der Waals surface area (Å²) in [7, 11) is 5.59. The molecule has 4 nitrogen and oxygen atoms in total. The summed E-state index contributed by atoms with van der Waals surface area (Å²) in [6.45, 7) is 10.1. The fourth-order valence-corrected chi connectivity index (χ4v) is 5.37. The number of rotatable bonds is 18. The van der Waals surface area contributed by atoms with E-state index in [1.807, 2.05) is 25.1 Å². The van der Waals surface area contributed by atoms with Crippen LogP contribution in [0.25, 0.3) is 0 Å². The highest BCUT2D eigenvalue weighted by Crippen LogP contribution is 2.28. The molecule has 0 radical (unpaired) electrons. The summed E-state index contributed by atoms with van der Waals surface area (Å²) in [6, 6.07) is 19.6. The molecule has 0 amide bonds. The third kappa shape index (κ3) is 11.3. The van der Waals surface area contributed by atoms with Gasteiger partial charge in [0.2, 0.25) is 0 Å². The van der Waals surface area contributed by atoms with Crippen LogP contribution in [0.15, 0.2) is 60.7 Å². The molecule has 0 saturated heterocycles. The number of ether oxygens (including phenoxy) is 3. The molecule has 42 heavy (non-hydrogen) atoms. The van der Waals surface area contributed by atoms with Gasteiger partial charge in [-0.3, -0.25) is 0 Å². The molecule has 3 aromatic rings. The van der Waals surface area contributed by atoms with Crippen LogP contribution in [0.3, 0.4) is 0 Å². The molecule has 0 bridgehead atoms. The molecule has 0 saturated carbocycles. The molecular formula is C36H50O4P2. The lowest BCUT2D eigenvalue weighted by atomic mass is 9.96. The first-order valence-corrected chi connectivity index (χ1v) is 17.1. The SMILES string of the molecule is Cc1c(Cc2ccc(OCCC(C)CCCP)cc2)ccc(OC(=O)c2ccc(OCCC(C)CCCP)cc2)c1C. The van der Waals surface area contributed by atoms with Crippen molar-refractivity contribution in [2.45, 2.75) is 72.6 Å². The Bertz CT molecular complexity index is 1220. The van der Waals surface area contributed by atoms with Crippen molar-refractivity contribution >= 4 is 24.4 Å². The number of hydrogen-bond acceptors (Lipinski definition) is 4. The van der Waals surface area contributed by atoms with Gasteiger partial charge < -0.3 is 14.2 Å². The van der Waals surface area contributed by atoms with Crippen LogP contribution >= 0.6 is 18.5 Å². The van der Waals surface area contributed by atoms with E-state index in [-0.39, 0.29) is 5.97 Å². The molecule has 0 aromatic heterocycles. The molecule has 4 atom stereocenters. The Morgan fingerprint density at radius 1 is 0.690 bits per heavy atom. The summed E-state index contributed by atoms with van der Waals surface area (Å²) in [5, 5.41) is 0. The van der Waals surface area contributed by atoms with Crippen molar-refractivity contribution in [3.05, 3.63) is 88.5 Å². The van der Waals surface area contributed by atoms with Gasteiger partial charge in [-0.1, -0.05) is 44.9 Å². The maximum absolute atomic E-state index is 12.9.